The first-order chi connectivity index (χ1) is 11.1. The fraction of sp³-hybridized carbons (Fsp3) is 0.412. The van der Waals surface area contributed by atoms with E-state index in [0.717, 1.165) is 25.1 Å². The van der Waals surface area contributed by atoms with Crippen LogP contribution in [0.15, 0.2) is 30.5 Å². The lowest BCUT2D eigenvalue weighted by atomic mass is 10.1. The van der Waals surface area contributed by atoms with Crippen molar-refractivity contribution in [3.63, 3.8) is 0 Å². The topological polar surface area (TPSA) is 76.4 Å². The van der Waals surface area contributed by atoms with Gasteiger partial charge in [-0.25, -0.2) is 0 Å². The molecule has 0 aliphatic rings. The van der Waals surface area contributed by atoms with E-state index in [4.69, 9.17) is 4.74 Å². The van der Waals surface area contributed by atoms with Gasteiger partial charge in [-0.05, 0) is 31.0 Å². The molecule has 0 saturated carbocycles. The maximum absolute atomic E-state index is 12.2. The van der Waals surface area contributed by atoms with E-state index in [9.17, 15) is 9.90 Å². The minimum Gasteiger partial charge on any atom is -0.497 e. The SMILES string of the molecule is CCCCn1ncc(NC(=O)C(O)c2cccc(OC)c2)c1C. The van der Waals surface area contributed by atoms with Gasteiger partial charge in [0, 0.05) is 6.54 Å². The Morgan fingerprint density at radius 3 is 2.96 bits per heavy atom. The third-order valence-electron chi connectivity index (χ3n) is 3.74. The highest BCUT2D eigenvalue weighted by Gasteiger charge is 2.19. The van der Waals surface area contributed by atoms with E-state index in [1.165, 1.54) is 0 Å². The predicted molar refractivity (Wildman–Crippen MR) is 88.5 cm³/mol. The number of hydrogen-bond donors (Lipinski definition) is 2. The van der Waals surface area contributed by atoms with Crippen molar-refractivity contribution in [2.24, 2.45) is 0 Å². The molecule has 1 amide bonds. The molecular formula is C17H23N3O3. The standard InChI is InChI=1S/C17H23N3O3/c1-4-5-9-20-12(2)15(11-18-20)19-17(22)16(21)13-7-6-8-14(10-13)23-3/h6-8,10-11,16,21H,4-5,9H2,1-3H3,(H,19,22). The number of aryl methyl sites for hydroxylation is 1. The van der Waals surface area contributed by atoms with Crippen LogP contribution in [0.1, 0.15) is 37.1 Å². The van der Waals surface area contributed by atoms with Crippen molar-refractivity contribution < 1.29 is 14.6 Å². The maximum Gasteiger partial charge on any atom is 0.257 e. The third-order valence-corrected chi connectivity index (χ3v) is 3.74. The van der Waals surface area contributed by atoms with Crippen molar-refractivity contribution in [3.8, 4) is 5.75 Å². The smallest absolute Gasteiger partial charge is 0.257 e. The van der Waals surface area contributed by atoms with Crippen LogP contribution in [0.4, 0.5) is 5.69 Å². The number of ether oxygens (including phenoxy) is 1. The lowest BCUT2D eigenvalue weighted by molar-refractivity contribution is -0.124. The molecule has 0 fully saturated rings. The van der Waals surface area contributed by atoms with Crippen LogP contribution in [0.5, 0.6) is 5.75 Å². The molecule has 1 heterocycles. The Bertz CT molecular complexity index is 667. The molecule has 0 spiro atoms. The number of methoxy groups -OCH3 is 1. The average Bonchev–Trinajstić information content (AvgIpc) is 2.92. The monoisotopic (exact) mass is 317 g/mol. The number of benzene rings is 1. The highest BCUT2D eigenvalue weighted by atomic mass is 16.5. The lowest BCUT2D eigenvalue weighted by Crippen LogP contribution is -2.21. The quantitative estimate of drug-likeness (QED) is 0.823. The Morgan fingerprint density at radius 1 is 1.48 bits per heavy atom. The summed E-state index contributed by atoms with van der Waals surface area (Å²) in [5.74, 6) is 0.106. The molecule has 1 aromatic heterocycles. The third kappa shape index (κ3) is 4.10. The number of amides is 1. The number of nitrogens with one attached hydrogen (secondary N) is 1. The number of aliphatic hydroxyl groups excluding tert-OH is 1. The molecule has 2 N–H and O–H groups in total. The minimum atomic E-state index is -1.26. The average molecular weight is 317 g/mol. The number of aliphatic hydroxyl groups is 1. The van der Waals surface area contributed by atoms with Gasteiger partial charge in [0.2, 0.25) is 0 Å². The summed E-state index contributed by atoms with van der Waals surface area (Å²) < 4.78 is 6.97. The molecule has 6 heteroatoms. The summed E-state index contributed by atoms with van der Waals surface area (Å²) in [6.07, 6.45) is 2.46. The van der Waals surface area contributed by atoms with Crippen LogP contribution < -0.4 is 10.1 Å². The zero-order chi connectivity index (χ0) is 16.8. The van der Waals surface area contributed by atoms with Crippen LogP contribution in [0.25, 0.3) is 0 Å². The van der Waals surface area contributed by atoms with Gasteiger partial charge in [-0.15, -0.1) is 0 Å². The first kappa shape index (κ1) is 17.0. The van der Waals surface area contributed by atoms with Crippen molar-refractivity contribution in [1.29, 1.82) is 0 Å². The zero-order valence-corrected chi connectivity index (χ0v) is 13.7. The van der Waals surface area contributed by atoms with Gasteiger partial charge in [-0.3, -0.25) is 9.48 Å². The largest absolute Gasteiger partial charge is 0.497 e. The van der Waals surface area contributed by atoms with Gasteiger partial charge in [-0.1, -0.05) is 25.5 Å². The first-order valence-corrected chi connectivity index (χ1v) is 7.72. The van der Waals surface area contributed by atoms with Crippen molar-refractivity contribution in [3.05, 3.63) is 41.7 Å². The molecule has 0 aliphatic heterocycles. The van der Waals surface area contributed by atoms with Crippen molar-refractivity contribution in [2.75, 3.05) is 12.4 Å². The van der Waals surface area contributed by atoms with Crippen LogP contribution in [0.3, 0.4) is 0 Å². The van der Waals surface area contributed by atoms with Gasteiger partial charge in [0.1, 0.15) is 5.75 Å². The molecule has 1 unspecified atom stereocenters. The molecule has 0 aliphatic carbocycles. The Balaban J connectivity index is 2.07. The minimum absolute atomic E-state index is 0.484. The summed E-state index contributed by atoms with van der Waals surface area (Å²) in [5, 5.41) is 17.2. The number of aromatic nitrogens is 2. The van der Waals surface area contributed by atoms with Gasteiger partial charge in [0.05, 0.1) is 24.7 Å². The molecule has 2 aromatic rings. The van der Waals surface area contributed by atoms with E-state index < -0.39 is 12.0 Å². The van der Waals surface area contributed by atoms with E-state index in [-0.39, 0.29) is 0 Å². The van der Waals surface area contributed by atoms with E-state index in [0.29, 0.717) is 17.0 Å². The van der Waals surface area contributed by atoms with Crippen molar-refractivity contribution in [1.82, 2.24) is 9.78 Å². The van der Waals surface area contributed by atoms with Crippen molar-refractivity contribution in [2.45, 2.75) is 39.3 Å². The Hall–Kier alpha value is -2.34. The molecule has 0 radical (unpaired) electrons. The number of unbranched alkanes of at least 4 members (excludes halogenated alkanes) is 1. The molecule has 1 atom stereocenters. The highest BCUT2D eigenvalue weighted by Crippen LogP contribution is 2.22. The summed E-state index contributed by atoms with van der Waals surface area (Å²) in [5.41, 5.74) is 1.98. The molecule has 0 saturated heterocycles. The van der Waals surface area contributed by atoms with Crippen LogP contribution >= 0.6 is 0 Å². The second-order valence-corrected chi connectivity index (χ2v) is 5.39. The normalized spacial score (nSPS) is 12.0. The highest BCUT2D eigenvalue weighted by molar-refractivity contribution is 5.95. The molecule has 23 heavy (non-hydrogen) atoms. The number of hydrogen-bond acceptors (Lipinski definition) is 4. The molecular weight excluding hydrogens is 294 g/mol. The van der Waals surface area contributed by atoms with Crippen LogP contribution in [-0.4, -0.2) is 27.9 Å². The number of anilines is 1. The lowest BCUT2D eigenvalue weighted by Gasteiger charge is -2.12. The van der Waals surface area contributed by atoms with Gasteiger partial charge < -0.3 is 15.2 Å². The van der Waals surface area contributed by atoms with Gasteiger partial charge in [0.25, 0.3) is 5.91 Å². The molecule has 6 nitrogen and oxygen atoms in total. The summed E-state index contributed by atoms with van der Waals surface area (Å²) in [6.45, 7) is 4.83. The van der Waals surface area contributed by atoms with E-state index in [1.807, 2.05) is 11.6 Å². The Labute approximate surface area is 136 Å². The molecule has 1 aromatic carbocycles. The van der Waals surface area contributed by atoms with Crippen molar-refractivity contribution >= 4 is 11.6 Å². The summed E-state index contributed by atoms with van der Waals surface area (Å²) in [4.78, 5) is 12.2. The second kappa shape index (κ2) is 7.78. The van der Waals surface area contributed by atoms with E-state index in [1.54, 1.807) is 37.6 Å². The number of nitrogens with zero attached hydrogens (tertiary/aromatic N) is 2. The summed E-state index contributed by atoms with van der Waals surface area (Å²) in [7, 11) is 1.54. The Morgan fingerprint density at radius 2 is 2.26 bits per heavy atom. The predicted octanol–water partition coefficient (Wildman–Crippen LogP) is 2.67. The number of carbonyl (C=O) groups excluding carboxylic acids is 1. The Kier molecular flexibility index (Phi) is 5.76. The van der Waals surface area contributed by atoms with Crippen LogP contribution in [0.2, 0.25) is 0 Å². The second-order valence-electron chi connectivity index (χ2n) is 5.39. The van der Waals surface area contributed by atoms with E-state index in [2.05, 4.69) is 17.3 Å². The van der Waals surface area contributed by atoms with Crippen LogP contribution in [-0.2, 0) is 11.3 Å². The molecule has 0 bridgehead atoms. The number of carbonyl (C=O) groups is 1. The molecule has 2 rings (SSSR count). The van der Waals surface area contributed by atoms with E-state index >= 15 is 0 Å². The number of rotatable bonds is 7. The summed E-state index contributed by atoms with van der Waals surface area (Å²) in [6, 6.07) is 6.82. The van der Waals surface area contributed by atoms with Gasteiger partial charge in [-0.2, -0.15) is 5.10 Å². The zero-order valence-electron chi connectivity index (χ0n) is 13.7. The molecule has 124 valence electrons. The summed E-state index contributed by atoms with van der Waals surface area (Å²) >= 11 is 0. The first-order valence-electron chi connectivity index (χ1n) is 7.72. The van der Waals surface area contributed by atoms with Gasteiger partial charge in [0.15, 0.2) is 6.10 Å². The fourth-order valence-electron chi connectivity index (χ4n) is 2.27. The fourth-order valence-corrected chi connectivity index (χ4v) is 2.27. The maximum atomic E-state index is 12.2. The van der Waals surface area contributed by atoms with Crippen LogP contribution in [0, 0.1) is 6.92 Å². The van der Waals surface area contributed by atoms with Gasteiger partial charge >= 0.3 is 0 Å².